The largest absolute Gasteiger partial charge is 0.368 e. The SMILES string of the molecule is Nc1nc(SCC(=O)N2NC(c3ccc4ccccc4c3)=C[C@H]2c2ccccc2)n[nH]1. The van der Waals surface area contributed by atoms with Gasteiger partial charge in [0.25, 0.3) is 5.91 Å². The third-order valence-electron chi connectivity index (χ3n) is 5.12. The van der Waals surface area contributed by atoms with Gasteiger partial charge in [-0.1, -0.05) is 78.5 Å². The van der Waals surface area contributed by atoms with Gasteiger partial charge < -0.3 is 5.73 Å². The molecule has 4 N–H and O–H groups in total. The van der Waals surface area contributed by atoms with Gasteiger partial charge in [0.1, 0.15) is 0 Å². The van der Waals surface area contributed by atoms with Gasteiger partial charge in [0.15, 0.2) is 0 Å². The highest BCUT2D eigenvalue weighted by molar-refractivity contribution is 7.99. The lowest BCUT2D eigenvalue weighted by atomic mass is 10.0. The van der Waals surface area contributed by atoms with Crippen molar-refractivity contribution in [3.63, 3.8) is 0 Å². The summed E-state index contributed by atoms with van der Waals surface area (Å²) in [6.07, 6.45) is 2.09. The highest BCUT2D eigenvalue weighted by Crippen LogP contribution is 2.33. The predicted octanol–water partition coefficient (Wildman–Crippen LogP) is 3.76. The Bertz CT molecular complexity index is 1270. The first-order valence-electron chi connectivity index (χ1n) is 9.83. The summed E-state index contributed by atoms with van der Waals surface area (Å²) in [6.45, 7) is 0. The molecule has 0 saturated carbocycles. The molecule has 0 saturated heterocycles. The number of hydrogen-bond donors (Lipinski definition) is 3. The molecule has 0 unspecified atom stereocenters. The lowest BCUT2D eigenvalue weighted by Crippen LogP contribution is -2.40. The lowest BCUT2D eigenvalue weighted by molar-refractivity contribution is -0.131. The number of nitrogens with two attached hydrogens (primary N) is 1. The van der Waals surface area contributed by atoms with Crippen LogP contribution in [-0.4, -0.2) is 31.9 Å². The molecule has 1 aliphatic rings. The van der Waals surface area contributed by atoms with Crippen LogP contribution in [0.2, 0.25) is 0 Å². The average molecular weight is 429 g/mol. The Hall–Kier alpha value is -3.78. The minimum Gasteiger partial charge on any atom is -0.368 e. The summed E-state index contributed by atoms with van der Waals surface area (Å²) in [7, 11) is 0. The third kappa shape index (κ3) is 3.97. The quantitative estimate of drug-likeness (QED) is 0.419. The number of nitrogens with zero attached hydrogens (tertiary/aromatic N) is 3. The maximum atomic E-state index is 13.1. The van der Waals surface area contributed by atoms with E-state index in [2.05, 4.69) is 57.0 Å². The molecular weight excluding hydrogens is 408 g/mol. The summed E-state index contributed by atoms with van der Waals surface area (Å²) in [5.74, 6) is 0.345. The van der Waals surface area contributed by atoms with Gasteiger partial charge in [-0.25, -0.2) is 10.1 Å². The van der Waals surface area contributed by atoms with Gasteiger partial charge in [-0.3, -0.25) is 10.2 Å². The number of carbonyl (C=O) groups excluding carboxylic acids is 1. The normalized spacial score (nSPS) is 15.7. The van der Waals surface area contributed by atoms with Crippen molar-refractivity contribution in [2.24, 2.45) is 0 Å². The molecule has 0 aliphatic carbocycles. The number of hydrazine groups is 1. The molecule has 0 spiro atoms. The van der Waals surface area contributed by atoms with E-state index >= 15 is 0 Å². The zero-order valence-electron chi connectivity index (χ0n) is 16.5. The van der Waals surface area contributed by atoms with E-state index in [1.54, 1.807) is 5.01 Å². The van der Waals surface area contributed by atoms with Crippen molar-refractivity contribution in [2.45, 2.75) is 11.2 Å². The number of fused-ring (bicyclic) bond motifs is 1. The number of rotatable bonds is 5. The van der Waals surface area contributed by atoms with E-state index in [0.717, 1.165) is 22.2 Å². The van der Waals surface area contributed by atoms with Crippen molar-refractivity contribution in [2.75, 3.05) is 11.5 Å². The summed E-state index contributed by atoms with van der Waals surface area (Å²) in [4.78, 5) is 17.2. The average Bonchev–Trinajstić information content (AvgIpc) is 3.44. The highest BCUT2D eigenvalue weighted by Gasteiger charge is 2.30. The Morgan fingerprint density at radius 1 is 1.03 bits per heavy atom. The molecule has 7 nitrogen and oxygen atoms in total. The molecule has 4 aromatic rings. The Morgan fingerprint density at radius 2 is 1.81 bits per heavy atom. The standard InChI is InChI=1S/C23H20N6OS/c24-22-25-23(27-26-22)31-14-21(30)29-20(16-7-2-1-3-8-16)13-19(28-29)18-11-10-15-6-4-5-9-17(15)12-18/h1-13,20,28H,14H2,(H3,24,25,26,27)/t20-/m0/s1. The number of hydrogen-bond acceptors (Lipinski definition) is 6. The number of anilines is 1. The van der Waals surface area contributed by atoms with Crippen molar-refractivity contribution >= 4 is 40.1 Å². The summed E-state index contributed by atoms with van der Waals surface area (Å²) in [5, 5.41) is 11.0. The Labute approximate surface area is 183 Å². The maximum absolute atomic E-state index is 13.1. The molecule has 5 rings (SSSR count). The van der Waals surface area contributed by atoms with E-state index < -0.39 is 0 Å². The monoisotopic (exact) mass is 428 g/mol. The smallest absolute Gasteiger partial charge is 0.252 e. The van der Waals surface area contributed by atoms with Crippen LogP contribution in [0.1, 0.15) is 17.2 Å². The van der Waals surface area contributed by atoms with E-state index in [1.807, 2.05) is 42.5 Å². The second-order valence-electron chi connectivity index (χ2n) is 7.17. The molecule has 2 heterocycles. The molecule has 1 aliphatic heterocycles. The van der Waals surface area contributed by atoms with Gasteiger partial charge in [0.05, 0.1) is 17.5 Å². The molecule has 1 atom stereocenters. The first-order chi connectivity index (χ1) is 15.2. The fraction of sp³-hybridized carbons (Fsp3) is 0.0870. The number of thioether (sulfide) groups is 1. The van der Waals surface area contributed by atoms with Crippen molar-refractivity contribution in [1.82, 2.24) is 25.6 Å². The van der Waals surface area contributed by atoms with E-state index in [-0.39, 0.29) is 23.7 Å². The predicted molar refractivity (Wildman–Crippen MR) is 123 cm³/mol. The van der Waals surface area contributed by atoms with Gasteiger partial charge in [-0.2, -0.15) is 4.98 Å². The fourth-order valence-electron chi connectivity index (χ4n) is 3.62. The minimum absolute atomic E-state index is 0.0748. The fourth-order valence-corrected chi connectivity index (χ4v) is 4.28. The van der Waals surface area contributed by atoms with Crippen LogP contribution in [-0.2, 0) is 4.79 Å². The molecule has 154 valence electrons. The number of nitrogen functional groups attached to an aromatic ring is 1. The molecule has 3 aromatic carbocycles. The second-order valence-corrected chi connectivity index (χ2v) is 8.11. The van der Waals surface area contributed by atoms with Crippen molar-refractivity contribution in [3.8, 4) is 0 Å². The van der Waals surface area contributed by atoms with Gasteiger partial charge in [-0.05, 0) is 34.0 Å². The van der Waals surface area contributed by atoms with Crippen LogP contribution in [0.15, 0.2) is 84.0 Å². The lowest BCUT2D eigenvalue weighted by Gasteiger charge is -2.25. The molecule has 8 heteroatoms. The van der Waals surface area contributed by atoms with Gasteiger partial charge >= 0.3 is 0 Å². The van der Waals surface area contributed by atoms with Crippen LogP contribution in [0.25, 0.3) is 16.5 Å². The zero-order chi connectivity index (χ0) is 21.2. The molecule has 0 fully saturated rings. The number of H-pyrrole nitrogens is 1. The van der Waals surface area contributed by atoms with Crippen LogP contribution in [0.5, 0.6) is 0 Å². The van der Waals surface area contributed by atoms with Crippen LogP contribution < -0.4 is 11.2 Å². The topological polar surface area (TPSA) is 99.9 Å². The maximum Gasteiger partial charge on any atom is 0.252 e. The molecule has 0 bridgehead atoms. The Kier molecular flexibility index (Phi) is 5.05. The van der Waals surface area contributed by atoms with Crippen molar-refractivity contribution < 1.29 is 4.79 Å². The Morgan fingerprint density at radius 3 is 2.58 bits per heavy atom. The number of nitrogens with one attached hydrogen (secondary N) is 2. The highest BCUT2D eigenvalue weighted by atomic mass is 32.2. The van der Waals surface area contributed by atoms with E-state index in [9.17, 15) is 4.79 Å². The Balaban J connectivity index is 1.42. The number of amides is 1. The number of benzene rings is 3. The first-order valence-corrected chi connectivity index (χ1v) is 10.8. The van der Waals surface area contributed by atoms with Crippen molar-refractivity contribution in [1.29, 1.82) is 0 Å². The van der Waals surface area contributed by atoms with Crippen LogP contribution >= 0.6 is 11.8 Å². The molecule has 1 amide bonds. The molecule has 31 heavy (non-hydrogen) atoms. The van der Waals surface area contributed by atoms with Crippen molar-refractivity contribution in [3.05, 3.63) is 90.0 Å². The van der Waals surface area contributed by atoms with Gasteiger partial charge in [0.2, 0.25) is 11.1 Å². The second kappa shape index (κ2) is 8.16. The molecule has 0 radical (unpaired) electrons. The number of aromatic nitrogens is 3. The summed E-state index contributed by atoms with van der Waals surface area (Å²) in [6, 6.07) is 24.3. The van der Waals surface area contributed by atoms with Crippen LogP contribution in [0.3, 0.4) is 0 Å². The summed E-state index contributed by atoms with van der Waals surface area (Å²) < 4.78 is 0. The van der Waals surface area contributed by atoms with Gasteiger partial charge in [0, 0.05) is 0 Å². The first kappa shape index (κ1) is 19.2. The summed E-state index contributed by atoms with van der Waals surface area (Å²) >= 11 is 1.24. The minimum atomic E-state index is -0.215. The van der Waals surface area contributed by atoms with Crippen LogP contribution in [0, 0.1) is 0 Å². The van der Waals surface area contributed by atoms with Gasteiger partial charge in [-0.15, -0.1) is 5.10 Å². The van der Waals surface area contributed by atoms with E-state index in [0.29, 0.717) is 5.16 Å². The molecule has 1 aromatic heterocycles. The third-order valence-corrected chi connectivity index (χ3v) is 5.95. The summed E-state index contributed by atoms with van der Waals surface area (Å²) in [5.41, 5.74) is 11.9. The van der Waals surface area contributed by atoms with Crippen LogP contribution in [0.4, 0.5) is 5.95 Å². The molecular formula is C23H20N6OS. The number of aromatic amines is 1. The van der Waals surface area contributed by atoms with E-state index in [4.69, 9.17) is 5.73 Å². The zero-order valence-corrected chi connectivity index (χ0v) is 17.3. The van der Waals surface area contributed by atoms with E-state index in [1.165, 1.54) is 17.1 Å². The number of carbonyl (C=O) groups is 1.